The predicted molar refractivity (Wildman–Crippen MR) is 166 cm³/mol. The number of rotatable bonds is 8. The number of carbonyl (C=O) groups is 1. The Balaban J connectivity index is 1.52. The van der Waals surface area contributed by atoms with Crippen LogP contribution in [0, 0.1) is 17.6 Å². The van der Waals surface area contributed by atoms with Gasteiger partial charge in [0.25, 0.3) is 16.0 Å². The summed E-state index contributed by atoms with van der Waals surface area (Å²) in [6.07, 6.45) is 4.32. The second kappa shape index (κ2) is 12.2. The molecule has 0 saturated carbocycles. The van der Waals surface area contributed by atoms with E-state index in [9.17, 15) is 22.2 Å². The van der Waals surface area contributed by atoms with Crippen molar-refractivity contribution in [3.05, 3.63) is 102 Å². The number of hydrogen-bond acceptors (Lipinski definition) is 12. The van der Waals surface area contributed by atoms with Crippen molar-refractivity contribution in [2.45, 2.75) is 10.9 Å². The Morgan fingerprint density at radius 3 is 2.50 bits per heavy atom. The highest BCUT2D eigenvalue weighted by Crippen LogP contribution is 2.48. The number of ether oxygens (including phenoxy) is 1. The second-order valence-corrected chi connectivity index (χ2v) is 13.0. The largest absolute Gasteiger partial charge is 0.480 e. The molecule has 238 valence electrons. The van der Waals surface area contributed by atoms with Gasteiger partial charge in [-0.05, 0) is 23.8 Å². The van der Waals surface area contributed by atoms with E-state index in [0.29, 0.717) is 12.3 Å². The molecule has 13 nitrogen and oxygen atoms in total. The smallest absolute Gasteiger partial charge is 0.291 e. The molecule has 2 aromatic carbocycles. The molecule has 0 radical (unpaired) electrons. The number of halogens is 2. The van der Waals surface area contributed by atoms with Gasteiger partial charge in [-0.3, -0.25) is 14.2 Å². The van der Waals surface area contributed by atoms with Crippen LogP contribution in [0.3, 0.4) is 0 Å². The Bertz CT molecular complexity index is 1900. The van der Waals surface area contributed by atoms with Crippen LogP contribution in [0.1, 0.15) is 27.0 Å². The molecule has 2 aliphatic heterocycles. The van der Waals surface area contributed by atoms with E-state index in [1.807, 2.05) is 0 Å². The molecule has 1 unspecified atom stereocenters. The lowest BCUT2D eigenvalue weighted by atomic mass is 9.81. The highest BCUT2D eigenvalue weighted by Gasteiger charge is 2.52. The van der Waals surface area contributed by atoms with Gasteiger partial charge in [-0.1, -0.05) is 42.1 Å². The molecule has 2 aliphatic rings. The molecule has 0 bridgehead atoms. The Labute approximate surface area is 266 Å². The first-order valence-corrected chi connectivity index (χ1v) is 16.2. The van der Waals surface area contributed by atoms with Crippen LogP contribution in [0.2, 0.25) is 0 Å². The number of benzene rings is 2. The van der Waals surface area contributed by atoms with Crippen molar-refractivity contribution in [2.75, 3.05) is 35.8 Å². The average molecular weight is 669 g/mol. The van der Waals surface area contributed by atoms with Crippen LogP contribution >= 0.6 is 11.8 Å². The number of aromatic nitrogens is 4. The third kappa shape index (κ3) is 5.83. The standard InChI is InChI=1S/C29H26F2N8O5S2/c1-44-24-13-33-23(12-34-24)25(40)39(26(46(41,42)43)17-5-3-2-4-6-17)20-7-8-22(31)21(9-20)29-16-38(28-35-10-19(30)11-36-28)14-18(29)15-45-27(32)37-29/h2-13,18,26H,14-16H2,1H3,(H2,32,37)(H,41,42,43)/t18-,26?,29-/m0/s1. The number of methoxy groups -OCH3 is 1. The maximum atomic E-state index is 16.0. The summed E-state index contributed by atoms with van der Waals surface area (Å²) < 4.78 is 71.2. The van der Waals surface area contributed by atoms with Gasteiger partial charge in [0.15, 0.2) is 16.4 Å². The number of nitrogens with two attached hydrogens (primary N) is 1. The van der Waals surface area contributed by atoms with Crippen LogP contribution in [-0.4, -0.2) is 69.9 Å². The maximum Gasteiger partial charge on any atom is 0.291 e. The second-order valence-electron chi connectivity index (χ2n) is 10.5. The zero-order valence-electron chi connectivity index (χ0n) is 24.1. The van der Waals surface area contributed by atoms with Gasteiger partial charge in [0.2, 0.25) is 11.8 Å². The Morgan fingerprint density at radius 1 is 1.11 bits per heavy atom. The van der Waals surface area contributed by atoms with E-state index in [-0.39, 0.29) is 52.0 Å². The molecule has 6 rings (SSSR count). The summed E-state index contributed by atoms with van der Waals surface area (Å²) >= 11 is 1.29. The fourth-order valence-corrected chi connectivity index (χ4v) is 7.67. The average Bonchev–Trinajstić information content (AvgIpc) is 3.43. The molecular weight excluding hydrogens is 643 g/mol. The van der Waals surface area contributed by atoms with E-state index in [2.05, 4.69) is 19.9 Å². The summed E-state index contributed by atoms with van der Waals surface area (Å²) in [7, 11) is -3.66. The predicted octanol–water partition coefficient (Wildman–Crippen LogP) is 3.18. The van der Waals surface area contributed by atoms with Gasteiger partial charge in [0.1, 0.15) is 17.1 Å². The highest BCUT2D eigenvalue weighted by molar-refractivity contribution is 8.13. The quantitative estimate of drug-likeness (QED) is 0.263. The van der Waals surface area contributed by atoms with Crippen molar-refractivity contribution in [1.29, 1.82) is 0 Å². The van der Waals surface area contributed by atoms with E-state index in [4.69, 9.17) is 15.5 Å². The van der Waals surface area contributed by atoms with Crippen molar-refractivity contribution in [2.24, 2.45) is 16.6 Å². The van der Waals surface area contributed by atoms with Crippen LogP contribution in [-0.2, 0) is 15.7 Å². The Hall–Kier alpha value is -4.74. The van der Waals surface area contributed by atoms with Crippen molar-refractivity contribution in [3.63, 3.8) is 0 Å². The molecule has 4 heterocycles. The molecule has 1 amide bonds. The van der Waals surface area contributed by atoms with Gasteiger partial charge in [-0.25, -0.2) is 33.7 Å². The first-order valence-electron chi connectivity index (χ1n) is 13.7. The lowest BCUT2D eigenvalue weighted by Crippen LogP contribution is -2.42. The molecule has 0 spiro atoms. The van der Waals surface area contributed by atoms with E-state index >= 15 is 4.39 Å². The first-order chi connectivity index (χ1) is 22.0. The third-order valence-electron chi connectivity index (χ3n) is 7.75. The lowest BCUT2D eigenvalue weighted by Gasteiger charge is -2.36. The Morgan fingerprint density at radius 2 is 1.85 bits per heavy atom. The minimum atomic E-state index is -5.02. The summed E-state index contributed by atoms with van der Waals surface area (Å²) in [5.41, 5.74) is 4.58. The highest BCUT2D eigenvalue weighted by atomic mass is 32.2. The number of nitrogens with zero attached hydrogens (tertiary/aromatic N) is 7. The van der Waals surface area contributed by atoms with Crippen molar-refractivity contribution in [3.8, 4) is 5.88 Å². The molecule has 1 fully saturated rings. The fourth-order valence-electron chi connectivity index (χ4n) is 5.70. The molecule has 3 atom stereocenters. The summed E-state index contributed by atoms with van der Waals surface area (Å²) in [4.78, 5) is 37.6. The van der Waals surface area contributed by atoms with E-state index in [0.717, 1.165) is 29.6 Å². The van der Waals surface area contributed by atoms with E-state index in [1.165, 1.54) is 49.3 Å². The molecule has 0 aliphatic carbocycles. The SMILES string of the molecule is COc1cnc(C(=O)N(c2ccc(F)c([C@]34CN(c5ncc(F)cn5)C[C@H]3CSC(N)=N4)c2)C(c2ccccc2)S(=O)(=O)O)cn1. The summed E-state index contributed by atoms with van der Waals surface area (Å²) in [6.45, 7) is 0.365. The first kappa shape index (κ1) is 31.3. The number of fused-ring (bicyclic) bond motifs is 1. The molecule has 1 saturated heterocycles. The number of thioether (sulfide) groups is 1. The molecular formula is C29H26F2N8O5S2. The molecule has 3 N–H and O–H groups in total. The summed E-state index contributed by atoms with van der Waals surface area (Å²) in [5.74, 6) is -1.86. The van der Waals surface area contributed by atoms with Gasteiger partial charge < -0.3 is 15.4 Å². The number of carbonyl (C=O) groups excluding carboxylic acids is 1. The van der Waals surface area contributed by atoms with Gasteiger partial charge in [0, 0.05) is 29.5 Å². The number of aliphatic imine (C=N–C) groups is 1. The molecule has 17 heteroatoms. The minimum absolute atomic E-state index is 0.0172. The summed E-state index contributed by atoms with van der Waals surface area (Å²) in [5, 5.41) is -1.76. The van der Waals surface area contributed by atoms with Crippen LogP contribution in [0.15, 0.2) is 78.3 Å². The maximum absolute atomic E-state index is 16.0. The Kier molecular flexibility index (Phi) is 8.30. The lowest BCUT2D eigenvalue weighted by molar-refractivity contribution is 0.0976. The number of hydrogen-bond donors (Lipinski definition) is 2. The molecule has 46 heavy (non-hydrogen) atoms. The van der Waals surface area contributed by atoms with Crippen LogP contribution in [0.25, 0.3) is 0 Å². The number of amidine groups is 1. The van der Waals surface area contributed by atoms with E-state index in [1.54, 1.807) is 23.1 Å². The van der Waals surface area contributed by atoms with Gasteiger partial charge >= 0.3 is 0 Å². The van der Waals surface area contributed by atoms with E-state index < -0.39 is 38.6 Å². The van der Waals surface area contributed by atoms with Crippen LogP contribution in [0.5, 0.6) is 5.88 Å². The monoisotopic (exact) mass is 668 g/mol. The number of anilines is 2. The van der Waals surface area contributed by atoms with Crippen molar-refractivity contribution >= 4 is 44.6 Å². The zero-order chi connectivity index (χ0) is 32.6. The van der Waals surface area contributed by atoms with Gasteiger partial charge in [-0.2, -0.15) is 8.42 Å². The van der Waals surface area contributed by atoms with Crippen LogP contribution < -0.4 is 20.3 Å². The number of amides is 1. The van der Waals surface area contributed by atoms with Crippen molar-refractivity contribution in [1.82, 2.24) is 19.9 Å². The van der Waals surface area contributed by atoms with Crippen molar-refractivity contribution < 1.29 is 31.3 Å². The molecule has 4 aromatic rings. The third-order valence-corrected chi connectivity index (χ3v) is 9.75. The fraction of sp³-hybridized carbons (Fsp3) is 0.241. The molecule has 2 aromatic heterocycles. The topological polar surface area (TPSA) is 177 Å². The van der Waals surface area contributed by atoms with Gasteiger partial charge in [-0.15, -0.1) is 0 Å². The van der Waals surface area contributed by atoms with Crippen LogP contribution in [0.4, 0.5) is 20.4 Å². The van der Waals surface area contributed by atoms with Gasteiger partial charge in [0.05, 0.1) is 38.4 Å². The summed E-state index contributed by atoms with van der Waals surface area (Å²) in [6, 6.07) is 11.2. The minimum Gasteiger partial charge on any atom is -0.480 e. The zero-order valence-corrected chi connectivity index (χ0v) is 25.7. The normalized spacial score (nSPS) is 20.0.